The molecule has 3 rings (SSSR count). The van der Waals surface area contributed by atoms with E-state index >= 15 is 0 Å². The van der Waals surface area contributed by atoms with Crippen LogP contribution in [0.4, 0.5) is 0 Å². The molecule has 0 aromatic carbocycles. The Bertz CT molecular complexity index is 480. The van der Waals surface area contributed by atoms with Crippen molar-refractivity contribution < 1.29 is 4.74 Å². The Balaban J connectivity index is 1.92. The van der Waals surface area contributed by atoms with Crippen LogP contribution in [0.25, 0.3) is 0 Å². The molecule has 0 bridgehead atoms. The van der Waals surface area contributed by atoms with Crippen LogP contribution in [0.2, 0.25) is 0 Å². The molecule has 1 unspecified atom stereocenters. The summed E-state index contributed by atoms with van der Waals surface area (Å²) in [6, 6.07) is 2.63. The molecule has 1 aromatic rings. The lowest BCUT2D eigenvalue weighted by molar-refractivity contribution is 0.0828. The Morgan fingerprint density at radius 1 is 1.37 bits per heavy atom. The molecule has 1 aromatic heterocycles. The maximum atomic E-state index is 8.96. The quantitative estimate of drug-likeness (QED) is 0.832. The number of nitrogens with zero attached hydrogens (tertiary/aromatic N) is 4. The highest BCUT2D eigenvalue weighted by Gasteiger charge is 2.34. The van der Waals surface area contributed by atoms with Gasteiger partial charge in [-0.15, -0.1) is 5.10 Å². The van der Waals surface area contributed by atoms with E-state index in [4.69, 9.17) is 10.00 Å². The molecule has 0 radical (unpaired) electrons. The molecule has 2 heterocycles. The Kier molecular flexibility index (Phi) is 3.52. The molecule has 19 heavy (non-hydrogen) atoms. The van der Waals surface area contributed by atoms with Crippen LogP contribution in [-0.2, 0) is 11.2 Å². The van der Waals surface area contributed by atoms with Gasteiger partial charge < -0.3 is 4.74 Å². The molecule has 1 saturated heterocycles. The van der Waals surface area contributed by atoms with Crippen molar-refractivity contribution >= 4 is 0 Å². The average molecular weight is 260 g/mol. The van der Waals surface area contributed by atoms with Crippen molar-refractivity contribution in [2.24, 2.45) is 5.92 Å². The molecule has 0 spiro atoms. The molecule has 1 aliphatic carbocycles. The van der Waals surface area contributed by atoms with E-state index in [0.717, 1.165) is 37.7 Å². The van der Waals surface area contributed by atoms with E-state index in [1.165, 1.54) is 18.5 Å². The van der Waals surface area contributed by atoms with Gasteiger partial charge in [0.15, 0.2) is 0 Å². The molecule has 0 N–H and O–H groups in total. The SMILES string of the molecule is CC(C1CC1)n1nnc(CC#N)c1C1CCOCC1. The Morgan fingerprint density at radius 2 is 2.11 bits per heavy atom. The standard InChI is InChI=1S/C14H20N4O/c1-10(11-2-3-11)18-14(12-5-8-19-9-6-12)13(4-7-15)16-17-18/h10-12H,2-6,8-9H2,1H3. The minimum Gasteiger partial charge on any atom is -0.381 e. The Morgan fingerprint density at radius 3 is 2.74 bits per heavy atom. The van der Waals surface area contributed by atoms with Gasteiger partial charge in [0, 0.05) is 19.1 Å². The first-order valence-corrected chi connectivity index (χ1v) is 7.20. The van der Waals surface area contributed by atoms with Crippen LogP contribution in [0.5, 0.6) is 0 Å². The molecular weight excluding hydrogens is 240 g/mol. The molecule has 1 saturated carbocycles. The molecule has 1 aliphatic heterocycles. The van der Waals surface area contributed by atoms with E-state index in [2.05, 4.69) is 28.0 Å². The molecule has 5 nitrogen and oxygen atoms in total. The summed E-state index contributed by atoms with van der Waals surface area (Å²) in [7, 11) is 0. The maximum absolute atomic E-state index is 8.96. The third kappa shape index (κ3) is 2.50. The van der Waals surface area contributed by atoms with Crippen molar-refractivity contribution in [3.63, 3.8) is 0 Å². The van der Waals surface area contributed by atoms with Gasteiger partial charge in [0.05, 0.1) is 24.2 Å². The summed E-state index contributed by atoms with van der Waals surface area (Å²) in [5, 5.41) is 17.6. The number of rotatable bonds is 4. The van der Waals surface area contributed by atoms with Crippen LogP contribution in [0.1, 0.15) is 56.0 Å². The summed E-state index contributed by atoms with van der Waals surface area (Å²) in [5.41, 5.74) is 2.08. The second-order valence-electron chi connectivity index (χ2n) is 5.67. The smallest absolute Gasteiger partial charge is 0.100 e. The lowest BCUT2D eigenvalue weighted by Crippen LogP contribution is -2.21. The second-order valence-corrected chi connectivity index (χ2v) is 5.67. The minimum absolute atomic E-state index is 0.365. The predicted molar refractivity (Wildman–Crippen MR) is 69.6 cm³/mol. The zero-order valence-electron chi connectivity index (χ0n) is 11.4. The minimum atomic E-state index is 0.365. The summed E-state index contributed by atoms with van der Waals surface area (Å²) in [5.74, 6) is 1.20. The van der Waals surface area contributed by atoms with Gasteiger partial charge in [0.1, 0.15) is 5.69 Å². The first-order chi connectivity index (χ1) is 9.31. The molecule has 102 valence electrons. The lowest BCUT2D eigenvalue weighted by Gasteiger charge is -2.25. The monoisotopic (exact) mass is 260 g/mol. The van der Waals surface area contributed by atoms with E-state index in [1.54, 1.807) is 0 Å². The van der Waals surface area contributed by atoms with Crippen LogP contribution in [0.15, 0.2) is 0 Å². The van der Waals surface area contributed by atoms with Crippen LogP contribution >= 0.6 is 0 Å². The topological polar surface area (TPSA) is 63.7 Å². The highest BCUT2D eigenvalue weighted by molar-refractivity contribution is 5.20. The van der Waals surface area contributed by atoms with Crippen molar-refractivity contribution in [1.82, 2.24) is 15.0 Å². The number of ether oxygens (including phenoxy) is 1. The van der Waals surface area contributed by atoms with Gasteiger partial charge in [-0.3, -0.25) is 0 Å². The summed E-state index contributed by atoms with van der Waals surface area (Å²) >= 11 is 0. The third-order valence-corrected chi connectivity index (χ3v) is 4.35. The summed E-state index contributed by atoms with van der Waals surface area (Å²) in [6.45, 7) is 3.84. The number of hydrogen-bond acceptors (Lipinski definition) is 4. The fraction of sp³-hybridized carbons (Fsp3) is 0.786. The van der Waals surface area contributed by atoms with E-state index in [-0.39, 0.29) is 0 Å². The van der Waals surface area contributed by atoms with E-state index in [0.29, 0.717) is 18.4 Å². The normalized spacial score (nSPS) is 22.1. The maximum Gasteiger partial charge on any atom is 0.100 e. The van der Waals surface area contributed by atoms with E-state index in [1.807, 2.05) is 0 Å². The van der Waals surface area contributed by atoms with E-state index in [9.17, 15) is 0 Å². The third-order valence-electron chi connectivity index (χ3n) is 4.35. The van der Waals surface area contributed by atoms with Gasteiger partial charge >= 0.3 is 0 Å². The number of hydrogen-bond donors (Lipinski definition) is 0. The zero-order chi connectivity index (χ0) is 13.2. The highest BCUT2D eigenvalue weighted by atomic mass is 16.5. The van der Waals surface area contributed by atoms with Gasteiger partial charge in [-0.25, -0.2) is 4.68 Å². The largest absolute Gasteiger partial charge is 0.381 e. The average Bonchev–Trinajstić information content (AvgIpc) is 3.21. The van der Waals surface area contributed by atoms with Crippen LogP contribution in [0, 0.1) is 17.2 Å². The second kappa shape index (κ2) is 5.30. The molecule has 2 aliphatic rings. The molecule has 1 atom stereocenters. The molecule has 2 fully saturated rings. The van der Waals surface area contributed by atoms with Crippen molar-refractivity contribution in [2.45, 2.75) is 51.0 Å². The number of aromatic nitrogens is 3. The molecule has 5 heteroatoms. The first-order valence-electron chi connectivity index (χ1n) is 7.20. The van der Waals surface area contributed by atoms with Gasteiger partial charge in [0.25, 0.3) is 0 Å². The van der Waals surface area contributed by atoms with Gasteiger partial charge in [-0.2, -0.15) is 5.26 Å². The van der Waals surface area contributed by atoms with Gasteiger partial charge in [0.2, 0.25) is 0 Å². The van der Waals surface area contributed by atoms with E-state index < -0.39 is 0 Å². The van der Waals surface area contributed by atoms with Crippen molar-refractivity contribution in [1.29, 1.82) is 5.26 Å². The fourth-order valence-corrected chi connectivity index (χ4v) is 3.01. The first kappa shape index (κ1) is 12.6. The van der Waals surface area contributed by atoms with Crippen LogP contribution in [0.3, 0.4) is 0 Å². The molecular formula is C14H20N4O. The predicted octanol–water partition coefficient (Wildman–Crippen LogP) is 2.21. The van der Waals surface area contributed by atoms with Gasteiger partial charge in [-0.1, -0.05) is 5.21 Å². The van der Waals surface area contributed by atoms with Gasteiger partial charge in [-0.05, 0) is 38.5 Å². The Labute approximate surface area is 113 Å². The highest BCUT2D eigenvalue weighted by Crippen LogP contribution is 2.41. The lowest BCUT2D eigenvalue weighted by atomic mass is 9.93. The summed E-state index contributed by atoms with van der Waals surface area (Å²) < 4.78 is 7.54. The summed E-state index contributed by atoms with van der Waals surface area (Å²) in [6.07, 6.45) is 4.99. The fourth-order valence-electron chi connectivity index (χ4n) is 3.01. The number of nitriles is 1. The molecule has 0 amide bonds. The van der Waals surface area contributed by atoms with Crippen LogP contribution < -0.4 is 0 Å². The van der Waals surface area contributed by atoms with Crippen molar-refractivity contribution in [3.8, 4) is 6.07 Å². The zero-order valence-corrected chi connectivity index (χ0v) is 11.4. The van der Waals surface area contributed by atoms with Crippen LogP contribution in [-0.4, -0.2) is 28.2 Å². The summed E-state index contributed by atoms with van der Waals surface area (Å²) in [4.78, 5) is 0. The Hall–Kier alpha value is -1.41. The van der Waals surface area contributed by atoms with Crippen molar-refractivity contribution in [3.05, 3.63) is 11.4 Å². The van der Waals surface area contributed by atoms with Crippen molar-refractivity contribution in [2.75, 3.05) is 13.2 Å².